The van der Waals surface area contributed by atoms with Gasteiger partial charge in [-0.2, -0.15) is 0 Å². The van der Waals surface area contributed by atoms with Crippen LogP contribution in [-0.4, -0.2) is 70.9 Å². The molecule has 0 aliphatic carbocycles. The molecular weight excluding hydrogens is 346 g/mol. The zero-order valence-electron chi connectivity index (χ0n) is 14.8. The fourth-order valence-corrected chi connectivity index (χ4v) is 4.42. The van der Waals surface area contributed by atoms with E-state index >= 15 is 0 Å². The monoisotopic (exact) mass is 371 g/mol. The fraction of sp³-hybridized carbons (Fsp3) is 0.733. The fourth-order valence-electron chi connectivity index (χ4n) is 2.70. The molecule has 0 radical (unpaired) electrons. The lowest BCUT2D eigenvalue weighted by molar-refractivity contribution is -0.127. The van der Waals surface area contributed by atoms with Crippen molar-refractivity contribution in [2.75, 3.05) is 32.9 Å². The van der Waals surface area contributed by atoms with Gasteiger partial charge >= 0.3 is 6.03 Å². The average Bonchev–Trinajstić information content (AvgIpc) is 3.11. The molecule has 134 valence electrons. The molecule has 1 aromatic rings. The minimum Gasteiger partial charge on any atom is -0.340 e. The summed E-state index contributed by atoms with van der Waals surface area (Å²) in [5, 5.41) is 11.9. The highest BCUT2D eigenvalue weighted by Gasteiger charge is 2.37. The van der Waals surface area contributed by atoms with Crippen molar-refractivity contribution in [1.29, 1.82) is 0 Å². The number of aryl methyl sites for hydroxylation is 1. The summed E-state index contributed by atoms with van der Waals surface area (Å²) in [6, 6.07) is -0.115. The summed E-state index contributed by atoms with van der Waals surface area (Å²) in [5.41, 5.74) is 0. The van der Waals surface area contributed by atoms with Gasteiger partial charge in [0.15, 0.2) is 4.34 Å². The first kappa shape index (κ1) is 19.0. The lowest BCUT2D eigenvalue weighted by Gasteiger charge is -2.24. The topological polar surface area (TPSA) is 78.4 Å². The van der Waals surface area contributed by atoms with Crippen LogP contribution in [0.3, 0.4) is 0 Å². The van der Waals surface area contributed by atoms with Crippen LogP contribution in [0.1, 0.15) is 18.9 Å². The van der Waals surface area contributed by atoms with E-state index in [1.807, 2.05) is 11.8 Å². The van der Waals surface area contributed by atoms with E-state index in [0.29, 0.717) is 24.8 Å². The first-order valence-corrected chi connectivity index (χ1v) is 9.76. The van der Waals surface area contributed by atoms with Crippen molar-refractivity contribution >= 4 is 35.0 Å². The molecule has 1 N–H and O–H groups in total. The van der Waals surface area contributed by atoms with Crippen LogP contribution in [-0.2, 0) is 4.79 Å². The second-order valence-corrected chi connectivity index (χ2v) is 8.94. The Morgan fingerprint density at radius 1 is 1.38 bits per heavy atom. The van der Waals surface area contributed by atoms with Gasteiger partial charge in [0.2, 0.25) is 5.91 Å². The Labute approximate surface area is 151 Å². The quantitative estimate of drug-likeness (QED) is 0.797. The third-order valence-electron chi connectivity index (χ3n) is 4.12. The number of thioether (sulfide) groups is 1. The zero-order chi connectivity index (χ0) is 17.9. The lowest BCUT2D eigenvalue weighted by atomic mass is 9.91. The predicted molar refractivity (Wildman–Crippen MR) is 96.3 cm³/mol. The van der Waals surface area contributed by atoms with Gasteiger partial charge in [-0.05, 0) is 12.8 Å². The summed E-state index contributed by atoms with van der Waals surface area (Å²) in [4.78, 5) is 27.8. The van der Waals surface area contributed by atoms with E-state index in [-0.39, 0.29) is 23.9 Å². The molecule has 2 heterocycles. The van der Waals surface area contributed by atoms with Crippen LogP contribution in [0.2, 0.25) is 0 Å². The number of hydrogen-bond donors (Lipinski definition) is 1. The Bertz CT molecular complexity index is 590. The summed E-state index contributed by atoms with van der Waals surface area (Å²) < 4.78 is 0.818. The Morgan fingerprint density at radius 2 is 2.08 bits per heavy atom. The summed E-state index contributed by atoms with van der Waals surface area (Å²) in [5.74, 6) is 1.11. The number of carbonyl (C=O) groups excluding carboxylic acids is 2. The first-order chi connectivity index (χ1) is 11.3. The molecule has 0 spiro atoms. The molecule has 1 aliphatic heterocycles. The van der Waals surface area contributed by atoms with Gasteiger partial charge in [0, 0.05) is 33.1 Å². The molecule has 7 nitrogen and oxygen atoms in total. The second-order valence-electron chi connectivity index (χ2n) is 6.53. The maximum absolute atomic E-state index is 12.5. The maximum atomic E-state index is 12.5. The van der Waals surface area contributed by atoms with Crippen molar-refractivity contribution in [3.63, 3.8) is 0 Å². The lowest BCUT2D eigenvalue weighted by Crippen LogP contribution is -2.46. The summed E-state index contributed by atoms with van der Waals surface area (Å²) in [7, 11) is 3.44. The van der Waals surface area contributed by atoms with E-state index in [9.17, 15) is 9.59 Å². The molecule has 3 amide bonds. The van der Waals surface area contributed by atoms with Crippen molar-refractivity contribution in [3.05, 3.63) is 5.01 Å². The highest BCUT2D eigenvalue weighted by atomic mass is 32.2. The number of nitrogens with zero attached hydrogens (tertiary/aromatic N) is 4. The Kier molecular flexibility index (Phi) is 6.45. The largest absolute Gasteiger partial charge is 0.340 e. The number of hydrogen-bond acceptors (Lipinski definition) is 6. The van der Waals surface area contributed by atoms with Crippen LogP contribution in [0.4, 0.5) is 4.79 Å². The molecule has 1 saturated heterocycles. The van der Waals surface area contributed by atoms with Crippen molar-refractivity contribution in [2.24, 2.45) is 11.8 Å². The van der Waals surface area contributed by atoms with Crippen molar-refractivity contribution in [3.8, 4) is 0 Å². The maximum Gasteiger partial charge on any atom is 0.317 e. The third kappa shape index (κ3) is 4.83. The van der Waals surface area contributed by atoms with Crippen LogP contribution in [0, 0.1) is 18.8 Å². The molecule has 9 heteroatoms. The Hall–Kier alpha value is -1.35. The van der Waals surface area contributed by atoms with Crippen molar-refractivity contribution in [1.82, 2.24) is 25.3 Å². The normalized spacial score (nSPS) is 20.5. The molecule has 0 bridgehead atoms. The zero-order valence-corrected chi connectivity index (χ0v) is 16.4. The smallest absolute Gasteiger partial charge is 0.317 e. The number of carbonyl (C=O) groups is 2. The molecule has 2 rings (SSSR count). The minimum atomic E-state index is -0.112. The molecule has 1 fully saturated rings. The van der Waals surface area contributed by atoms with E-state index in [4.69, 9.17) is 0 Å². The minimum absolute atomic E-state index is 0.00220. The first-order valence-electron chi connectivity index (χ1n) is 7.96. The SMILES string of the molecule is Cc1nnc(SCC(=O)N2C[C@@H](NC(=O)N(C)C)[C@H](C(C)C)C2)s1. The molecular formula is C15H25N5O2S2. The number of urea groups is 1. The number of amides is 3. The molecule has 24 heavy (non-hydrogen) atoms. The number of rotatable bonds is 5. The number of likely N-dealkylation sites (tertiary alicyclic amines) is 1. The van der Waals surface area contributed by atoms with Crippen LogP contribution in [0.15, 0.2) is 4.34 Å². The summed E-state index contributed by atoms with van der Waals surface area (Å²) >= 11 is 2.92. The van der Waals surface area contributed by atoms with E-state index in [2.05, 4.69) is 29.4 Å². The van der Waals surface area contributed by atoms with Gasteiger partial charge in [-0.25, -0.2) is 4.79 Å². The van der Waals surface area contributed by atoms with Gasteiger partial charge in [-0.3, -0.25) is 4.79 Å². The summed E-state index contributed by atoms with van der Waals surface area (Å²) in [6.07, 6.45) is 0. The number of nitrogens with one attached hydrogen (secondary N) is 1. The van der Waals surface area contributed by atoms with Crippen molar-refractivity contribution < 1.29 is 9.59 Å². The molecule has 0 aromatic carbocycles. The van der Waals surface area contributed by atoms with E-state index < -0.39 is 0 Å². The Morgan fingerprint density at radius 3 is 2.62 bits per heavy atom. The second kappa shape index (κ2) is 8.15. The number of aromatic nitrogens is 2. The van der Waals surface area contributed by atoms with Crippen LogP contribution in [0.25, 0.3) is 0 Å². The molecule has 2 atom stereocenters. The van der Waals surface area contributed by atoms with E-state index in [1.165, 1.54) is 28.0 Å². The standard InChI is InChI=1S/C15H25N5O2S2/c1-9(2)11-6-20(7-12(11)16-14(22)19(4)5)13(21)8-23-15-18-17-10(3)24-15/h9,11-12H,6-8H2,1-5H3,(H,16,22)/t11-,12+/m0/s1. The van der Waals surface area contributed by atoms with Gasteiger partial charge in [-0.1, -0.05) is 36.9 Å². The van der Waals surface area contributed by atoms with Crippen LogP contribution < -0.4 is 5.32 Å². The summed E-state index contributed by atoms with van der Waals surface area (Å²) in [6.45, 7) is 7.41. The van der Waals surface area contributed by atoms with Crippen LogP contribution in [0.5, 0.6) is 0 Å². The van der Waals surface area contributed by atoms with Gasteiger partial charge in [0.05, 0.1) is 11.8 Å². The highest BCUT2D eigenvalue weighted by Crippen LogP contribution is 2.27. The Balaban J connectivity index is 1.93. The van der Waals surface area contributed by atoms with Crippen LogP contribution >= 0.6 is 23.1 Å². The van der Waals surface area contributed by atoms with Gasteiger partial charge < -0.3 is 15.1 Å². The predicted octanol–water partition coefficient (Wildman–Crippen LogP) is 1.69. The van der Waals surface area contributed by atoms with E-state index in [1.54, 1.807) is 14.1 Å². The van der Waals surface area contributed by atoms with Gasteiger partial charge in [-0.15, -0.1) is 10.2 Å². The average molecular weight is 372 g/mol. The molecule has 0 unspecified atom stereocenters. The van der Waals surface area contributed by atoms with Crippen molar-refractivity contribution in [2.45, 2.75) is 31.2 Å². The molecule has 1 aromatic heterocycles. The van der Waals surface area contributed by atoms with Gasteiger partial charge in [0.25, 0.3) is 0 Å². The third-order valence-corrected chi connectivity index (χ3v) is 6.07. The highest BCUT2D eigenvalue weighted by molar-refractivity contribution is 8.01. The molecule has 1 aliphatic rings. The molecule has 0 saturated carbocycles. The van der Waals surface area contributed by atoms with Gasteiger partial charge in [0.1, 0.15) is 5.01 Å². The van der Waals surface area contributed by atoms with E-state index in [0.717, 1.165) is 9.35 Å².